The van der Waals surface area contributed by atoms with Gasteiger partial charge in [0.1, 0.15) is 11.4 Å². The highest BCUT2D eigenvalue weighted by atomic mass is 16.5. The molecule has 0 radical (unpaired) electrons. The monoisotopic (exact) mass is 281 g/mol. The van der Waals surface area contributed by atoms with Crippen molar-refractivity contribution in [1.82, 2.24) is 15.3 Å². The van der Waals surface area contributed by atoms with E-state index in [1.54, 1.807) is 6.92 Å². The molecular formula is C14H23N3O3. The van der Waals surface area contributed by atoms with Crippen molar-refractivity contribution >= 4 is 0 Å². The molecule has 6 nitrogen and oxygen atoms in total. The third kappa shape index (κ3) is 2.92. The molecule has 6 heteroatoms. The van der Waals surface area contributed by atoms with E-state index >= 15 is 0 Å². The fraction of sp³-hybridized carbons (Fsp3) is 0.714. The van der Waals surface area contributed by atoms with Gasteiger partial charge in [0, 0.05) is 31.3 Å². The standard InChI is InChI=1S/C14H23N3O3/c1-8(12-9(2)16-11(4)17-13(12)18)15-7-14(19)5-6-20-10(14)3/h8,10,15,19H,5-7H2,1-4H3,(H,16,17,18). The lowest BCUT2D eigenvalue weighted by Gasteiger charge is -2.28. The molecule has 0 spiro atoms. The Bertz CT molecular complexity index is 543. The Balaban J connectivity index is 2.10. The predicted molar refractivity (Wildman–Crippen MR) is 75.7 cm³/mol. The quantitative estimate of drug-likeness (QED) is 0.751. The van der Waals surface area contributed by atoms with E-state index in [0.29, 0.717) is 36.7 Å². The summed E-state index contributed by atoms with van der Waals surface area (Å²) in [5, 5.41) is 13.7. The number of aromatic amines is 1. The van der Waals surface area contributed by atoms with E-state index in [2.05, 4.69) is 15.3 Å². The zero-order valence-electron chi connectivity index (χ0n) is 12.5. The number of aryl methyl sites for hydroxylation is 2. The van der Waals surface area contributed by atoms with Gasteiger partial charge in [0.2, 0.25) is 0 Å². The van der Waals surface area contributed by atoms with E-state index < -0.39 is 5.60 Å². The van der Waals surface area contributed by atoms with Gasteiger partial charge in [-0.3, -0.25) is 4.79 Å². The lowest BCUT2D eigenvalue weighted by molar-refractivity contribution is -0.0274. The molecule has 20 heavy (non-hydrogen) atoms. The first-order valence-corrected chi connectivity index (χ1v) is 6.98. The molecule has 3 atom stereocenters. The Labute approximate surface area is 118 Å². The summed E-state index contributed by atoms with van der Waals surface area (Å²) in [7, 11) is 0. The van der Waals surface area contributed by atoms with Gasteiger partial charge in [0.05, 0.1) is 11.7 Å². The molecule has 0 saturated carbocycles. The number of ether oxygens (including phenoxy) is 1. The van der Waals surface area contributed by atoms with Gasteiger partial charge in [-0.2, -0.15) is 0 Å². The normalized spacial score (nSPS) is 27.8. The number of nitrogens with zero attached hydrogens (tertiary/aromatic N) is 1. The lowest BCUT2D eigenvalue weighted by atomic mass is 9.96. The molecule has 1 aliphatic rings. The zero-order chi connectivity index (χ0) is 14.9. The Morgan fingerprint density at radius 1 is 1.60 bits per heavy atom. The highest BCUT2D eigenvalue weighted by Gasteiger charge is 2.39. The van der Waals surface area contributed by atoms with Crippen molar-refractivity contribution in [3.63, 3.8) is 0 Å². The number of aromatic nitrogens is 2. The Morgan fingerprint density at radius 2 is 2.30 bits per heavy atom. The van der Waals surface area contributed by atoms with Gasteiger partial charge in [0.15, 0.2) is 0 Å². The van der Waals surface area contributed by atoms with E-state index in [4.69, 9.17) is 4.74 Å². The molecule has 1 aliphatic heterocycles. The maximum absolute atomic E-state index is 12.0. The van der Waals surface area contributed by atoms with Gasteiger partial charge in [-0.15, -0.1) is 0 Å². The van der Waals surface area contributed by atoms with Crippen LogP contribution in [0.2, 0.25) is 0 Å². The molecule has 2 rings (SSSR count). The van der Waals surface area contributed by atoms with Crippen molar-refractivity contribution < 1.29 is 9.84 Å². The minimum Gasteiger partial charge on any atom is -0.386 e. The number of hydrogen-bond donors (Lipinski definition) is 3. The molecule has 3 N–H and O–H groups in total. The first-order chi connectivity index (χ1) is 9.33. The van der Waals surface area contributed by atoms with E-state index in [1.807, 2.05) is 20.8 Å². The van der Waals surface area contributed by atoms with Gasteiger partial charge in [-0.1, -0.05) is 0 Å². The predicted octanol–water partition coefficient (Wildman–Crippen LogP) is 0.577. The average Bonchev–Trinajstić information content (AvgIpc) is 2.66. The first kappa shape index (κ1) is 15.2. The zero-order valence-corrected chi connectivity index (χ0v) is 12.5. The molecule has 0 bridgehead atoms. The number of rotatable bonds is 4. The largest absolute Gasteiger partial charge is 0.386 e. The maximum Gasteiger partial charge on any atom is 0.255 e. The second-order valence-electron chi connectivity index (χ2n) is 5.62. The third-order valence-electron chi connectivity index (χ3n) is 4.07. The van der Waals surface area contributed by atoms with Crippen LogP contribution >= 0.6 is 0 Å². The molecule has 1 aromatic heterocycles. The van der Waals surface area contributed by atoms with Gasteiger partial charge in [0.25, 0.3) is 5.56 Å². The molecule has 1 saturated heterocycles. The fourth-order valence-electron chi connectivity index (χ4n) is 2.68. The van der Waals surface area contributed by atoms with Crippen molar-refractivity contribution in [2.24, 2.45) is 0 Å². The van der Waals surface area contributed by atoms with Gasteiger partial charge in [-0.25, -0.2) is 4.98 Å². The summed E-state index contributed by atoms with van der Waals surface area (Å²) >= 11 is 0. The number of nitrogens with one attached hydrogen (secondary N) is 2. The van der Waals surface area contributed by atoms with Crippen molar-refractivity contribution in [2.45, 2.75) is 51.9 Å². The number of hydrogen-bond acceptors (Lipinski definition) is 5. The van der Waals surface area contributed by atoms with Crippen molar-refractivity contribution in [3.8, 4) is 0 Å². The minimum absolute atomic E-state index is 0.127. The van der Waals surface area contributed by atoms with Gasteiger partial charge < -0.3 is 20.1 Å². The van der Waals surface area contributed by atoms with E-state index in [-0.39, 0.29) is 17.7 Å². The van der Waals surface area contributed by atoms with E-state index in [9.17, 15) is 9.90 Å². The van der Waals surface area contributed by atoms with Gasteiger partial charge in [-0.05, 0) is 27.7 Å². The third-order valence-corrected chi connectivity index (χ3v) is 4.07. The van der Waals surface area contributed by atoms with Crippen LogP contribution in [0.4, 0.5) is 0 Å². The van der Waals surface area contributed by atoms with Crippen molar-refractivity contribution in [3.05, 3.63) is 27.4 Å². The summed E-state index contributed by atoms with van der Waals surface area (Å²) in [6.07, 6.45) is 0.410. The van der Waals surface area contributed by atoms with Crippen molar-refractivity contribution in [2.75, 3.05) is 13.2 Å². The topological polar surface area (TPSA) is 87.2 Å². The number of aliphatic hydroxyl groups is 1. The van der Waals surface area contributed by atoms with Crippen LogP contribution in [-0.2, 0) is 4.74 Å². The summed E-state index contributed by atoms with van der Waals surface area (Å²) in [4.78, 5) is 19.0. The summed E-state index contributed by atoms with van der Waals surface area (Å²) in [5.41, 5.74) is 0.338. The summed E-state index contributed by atoms with van der Waals surface area (Å²) in [5.74, 6) is 0.611. The van der Waals surface area contributed by atoms with Crippen LogP contribution < -0.4 is 10.9 Å². The smallest absolute Gasteiger partial charge is 0.255 e. The molecule has 3 unspecified atom stereocenters. The highest BCUT2D eigenvalue weighted by Crippen LogP contribution is 2.25. The molecule has 112 valence electrons. The average molecular weight is 281 g/mol. The summed E-state index contributed by atoms with van der Waals surface area (Å²) < 4.78 is 5.40. The van der Waals surface area contributed by atoms with Crippen LogP contribution in [0.15, 0.2) is 4.79 Å². The van der Waals surface area contributed by atoms with Crippen LogP contribution in [0.3, 0.4) is 0 Å². The van der Waals surface area contributed by atoms with Crippen LogP contribution in [0.1, 0.15) is 43.4 Å². The Kier molecular flexibility index (Phi) is 4.27. The molecule has 2 heterocycles. The molecule has 0 aromatic carbocycles. The highest BCUT2D eigenvalue weighted by molar-refractivity contribution is 5.20. The van der Waals surface area contributed by atoms with Crippen LogP contribution in [0.5, 0.6) is 0 Å². The lowest BCUT2D eigenvalue weighted by Crippen LogP contribution is -2.47. The van der Waals surface area contributed by atoms with Crippen molar-refractivity contribution in [1.29, 1.82) is 0 Å². The summed E-state index contributed by atoms with van der Waals surface area (Å²) in [6.45, 7) is 8.31. The molecular weight excluding hydrogens is 258 g/mol. The Hall–Kier alpha value is -1.24. The molecule has 0 aliphatic carbocycles. The van der Waals surface area contributed by atoms with Crippen LogP contribution in [-0.4, -0.2) is 39.9 Å². The number of H-pyrrole nitrogens is 1. The minimum atomic E-state index is -0.868. The fourth-order valence-corrected chi connectivity index (χ4v) is 2.68. The summed E-state index contributed by atoms with van der Waals surface area (Å²) in [6, 6.07) is -0.177. The van der Waals surface area contributed by atoms with Gasteiger partial charge >= 0.3 is 0 Å². The molecule has 1 fully saturated rings. The van der Waals surface area contributed by atoms with E-state index in [0.717, 1.165) is 0 Å². The maximum atomic E-state index is 12.0. The Morgan fingerprint density at radius 3 is 2.85 bits per heavy atom. The van der Waals surface area contributed by atoms with E-state index in [1.165, 1.54) is 0 Å². The second kappa shape index (κ2) is 5.63. The second-order valence-corrected chi connectivity index (χ2v) is 5.62. The first-order valence-electron chi connectivity index (χ1n) is 6.98. The van der Waals surface area contributed by atoms with Crippen LogP contribution in [0.25, 0.3) is 0 Å². The molecule has 1 aromatic rings. The SMILES string of the molecule is Cc1nc(C)c(C(C)NCC2(O)CCOC2C)c(=O)[nH]1. The molecule has 0 amide bonds. The van der Waals surface area contributed by atoms with Crippen LogP contribution in [0, 0.1) is 13.8 Å².